The zero-order valence-electron chi connectivity index (χ0n) is 15.0. The molecule has 0 N–H and O–H groups in total. The lowest BCUT2D eigenvalue weighted by Crippen LogP contribution is -2.50. The number of amides is 2. The van der Waals surface area contributed by atoms with Crippen LogP contribution in [0.4, 0.5) is 5.69 Å². The predicted octanol–water partition coefficient (Wildman–Crippen LogP) is 2.01. The first-order valence-electron chi connectivity index (χ1n) is 8.82. The normalized spacial score (nSPS) is 14.6. The van der Waals surface area contributed by atoms with Crippen LogP contribution in [0.5, 0.6) is 0 Å². The Kier molecular flexibility index (Phi) is 6.58. The number of carbonyl (C=O) groups is 2. The lowest BCUT2D eigenvalue weighted by atomic mass is 10.2. The first-order valence-corrected chi connectivity index (χ1v) is 8.82. The number of hydrogen-bond donors (Lipinski definition) is 0. The van der Waals surface area contributed by atoms with Gasteiger partial charge < -0.3 is 14.7 Å². The predicted molar refractivity (Wildman–Crippen MR) is 95.2 cm³/mol. The molecule has 0 aromatic carbocycles. The minimum Gasteiger partial charge on any atom is -0.371 e. The summed E-state index contributed by atoms with van der Waals surface area (Å²) in [6, 6.07) is 3.86. The molecular weight excluding hydrogens is 304 g/mol. The van der Waals surface area contributed by atoms with E-state index in [4.69, 9.17) is 0 Å². The maximum absolute atomic E-state index is 12.7. The van der Waals surface area contributed by atoms with Crippen LogP contribution in [0, 0.1) is 0 Å². The summed E-state index contributed by atoms with van der Waals surface area (Å²) in [4.78, 5) is 34.2. The second-order valence-electron chi connectivity index (χ2n) is 6.18. The van der Waals surface area contributed by atoms with Crippen molar-refractivity contribution in [3.05, 3.63) is 24.0 Å². The molecule has 2 heterocycles. The van der Waals surface area contributed by atoms with E-state index in [0.29, 0.717) is 31.9 Å². The van der Waals surface area contributed by atoms with Crippen molar-refractivity contribution in [1.29, 1.82) is 0 Å². The van der Waals surface area contributed by atoms with Gasteiger partial charge in [-0.3, -0.25) is 14.6 Å². The zero-order valence-corrected chi connectivity index (χ0v) is 15.0. The van der Waals surface area contributed by atoms with Crippen molar-refractivity contribution in [2.24, 2.45) is 0 Å². The van der Waals surface area contributed by atoms with Crippen LogP contribution in [0.2, 0.25) is 0 Å². The third-order valence-electron chi connectivity index (χ3n) is 4.33. The summed E-state index contributed by atoms with van der Waals surface area (Å²) in [5.41, 5.74) is 1.54. The first-order chi connectivity index (χ1) is 11.6. The monoisotopic (exact) mass is 332 g/mol. The first kappa shape index (κ1) is 18.2. The molecule has 2 rings (SSSR count). The number of piperazine rings is 1. The third kappa shape index (κ3) is 4.46. The van der Waals surface area contributed by atoms with E-state index < -0.39 is 0 Å². The molecule has 0 saturated carbocycles. The molecule has 1 aromatic heterocycles. The highest BCUT2D eigenvalue weighted by molar-refractivity contribution is 5.93. The largest absolute Gasteiger partial charge is 0.371 e. The van der Waals surface area contributed by atoms with Crippen LogP contribution in [0.15, 0.2) is 18.3 Å². The summed E-state index contributed by atoms with van der Waals surface area (Å²) in [7, 11) is 0. The van der Waals surface area contributed by atoms with Crippen molar-refractivity contribution < 1.29 is 9.59 Å². The minimum absolute atomic E-state index is 0.0481. The van der Waals surface area contributed by atoms with Crippen molar-refractivity contribution in [2.45, 2.75) is 33.6 Å². The molecule has 1 aliphatic heterocycles. The zero-order chi connectivity index (χ0) is 17.5. The van der Waals surface area contributed by atoms with Gasteiger partial charge in [0, 0.05) is 58.1 Å². The fourth-order valence-electron chi connectivity index (χ4n) is 3.03. The number of nitrogens with zero attached hydrogens (tertiary/aromatic N) is 4. The van der Waals surface area contributed by atoms with Gasteiger partial charge in [-0.05, 0) is 25.0 Å². The lowest BCUT2D eigenvalue weighted by molar-refractivity contribution is -0.130. The van der Waals surface area contributed by atoms with E-state index in [-0.39, 0.29) is 11.8 Å². The molecule has 0 bridgehead atoms. The Morgan fingerprint density at radius 2 is 1.67 bits per heavy atom. The quantitative estimate of drug-likeness (QED) is 0.800. The van der Waals surface area contributed by atoms with Crippen molar-refractivity contribution in [1.82, 2.24) is 14.8 Å². The minimum atomic E-state index is -0.0481. The van der Waals surface area contributed by atoms with Gasteiger partial charge in [0.1, 0.15) is 5.69 Å². The second-order valence-corrected chi connectivity index (χ2v) is 6.18. The van der Waals surface area contributed by atoms with Gasteiger partial charge in [-0.25, -0.2) is 0 Å². The van der Waals surface area contributed by atoms with Gasteiger partial charge in [0.25, 0.3) is 5.91 Å². The van der Waals surface area contributed by atoms with Gasteiger partial charge >= 0.3 is 0 Å². The van der Waals surface area contributed by atoms with Gasteiger partial charge in [-0.15, -0.1) is 0 Å². The number of carbonyl (C=O) groups excluding carboxylic acids is 2. The molecular formula is C18H28N4O2. The summed E-state index contributed by atoms with van der Waals surface area (Å²) in [6.45, 7) is 10.2. The second kappa shape index (κ2) is 8.66. The lowest BCUT2D eigenvalue weighted by Gasteiger charge is -2.34. The maximum atomic E-state index is 12.7. The van der Waals surface area contributed by atoms with Crippen LogP contribution in [-0.4, -0.2) is 65.9 Å². The van der Waals surface area contributed by atoms with E-state index in [1.165, 1.54) is 0 Å². The maximum Gasteiger partial charge on any atom is 0.272 e. The van der Waals surface area contributed by atoms with Crippen molar-refractivity contribution >= 4 is 17.5 Å². The summed E-state index contributed by atoms with van der Waals surface area (Å²) in [5.74, 6) is 0.0185. The van der Waals surface area contributed by atoms with E-state index >= 15 is 0 Å². The number of aromatic nitrogens is 1. The summed E-state index contributed by atoms with van der Waals surface area (Å²) >= 11 is 0. The highest BCUT2D eigenvalue weighted by atomic mass is 16.2. The molecule has 132 valence electrons. The fourth-order valence-corrected chi connectivity index (χ4v) is 3.03. The molecule has 1 aliphatic rings. The molecule has 24 heavy (non-hydrogen) atoms. The number of hydrogen-bond acceptors (Lipinski definition) is 4. The Labute approximate surface area is 144 Å². The highest BCUT2D eigenvalue weighted by Crippen LogP contribution is 2.17. The van der Waals surface area contributed by atoms with Gasteiger partial charge in [0.05, 0.1) is 0 Å². The van der Waals surface area contributed by atoms with Crippen LogP contribution in [-0.2, 0) is 4.79 Å². The Morgan fingerprint density at radius 1 is 1.08 bits per heavy atom. The van der Waals surface area contributed by atoms with Gasteiger partial charge in [-0.1, -0.05) is 13.8 Å². The van der Waals surface area contributed by atoms with Gasteiger partial charge in [0.15, 0.2) is 0 Å². The standard InChI is InChI=1S/C18H28N4O2/c1-4-8-21(9-5-2)16-6-7-19-17(14-16)18(24)22-12-10-20(11-13-22)15(3)23/h6-7,14H,4-5,8-13H2,1-3H3. The number of rotatable bonds is 6. The van der Waals surface area contributed by atoms with E-state index in [0.717, 1.165) is 31.6 Å². The molecule has 1 fully saturated rings. The molecule has 0 aliphatic carbocycles. The molecule has 1 aromatic rings. The van der Waals surface area contributed by atoms with Crippen molar-refractivity contribution in [3.63, 3.8) is 0 Å². The van der Waals surface area contributed by atoms with Crippen LogP contribution in [0.3, 0.4) is 0 Å². The van der Waals surface area contributed by atoms with Gasteiger partial charge in [0.2, 0.25) is 5.91 Å². The highest BCUT2D eigenvalue weighted by Gasteiger charge is 2.24. The van der Waals surface area contributed by atoms with Crippen LogP contribution in [0.25, 0.3) is 0 Å². The van der Waals surface area contributed by atoms with Crippen LogP contribution in [0.1, 0.15) is 44.1 Å². The summed E-state index contributed by atoms with van der Waals surface area (Å²) in [6.07, 6.45) is 3.85. The molecule has 0 spiro atoms. The van der Waals surface area contributed by atoms with E-state index in [1.807, 2.05) is 12.1 Å². The Hall–Kier alpha value is -2.11. The molecule has 6 nitrogen and oxygen atoms in total. The molecule has 0 unspecified atom stereocenters. The summed E-state index contributed by atoms with van der Waals surface area (Å²) in [5, 5.41) is 0. The van der Waals surface area contributed by atoms with Crippen LogP contribution < -0.4 is 4.90 Å². The molecule has 0 radical (unpaired) electrons. The molecule has 6 heteroatoms. The third-order valence-corrected chi connectivity index (χ3v) is 4.33. The van der Waals surface area contributed by atoms with Crippen molar-refractivity contribution in [2.75, 3.05) is 44.2 Å². The summed E-state index contributed by atoms with van der Waals surface area (Å²) < 4.78 is 0. The molecule has 2 amide bonds. The van der Waals surface area contributed by atoms with Crippen molar-refractivity contribution in [3.8, 4) is 0 Å². The molecule has 0 atom stereocenters. The molecule has 1 saturated heterocycles. The average Bonchev–Trinajstić information content (AvgIpc) is 2.61. The van der Waals surface area contributed by atoms with Gasteiger partial charge in [-0.2, -0.15) is 0 Å². The van der Waals surface area contributed by atoms with E-state index in [1.54, 1.807) is 22.9 Å². The van der Waals surface area contributed by atoms with E-state index in [2.05, 4.69) is 23.7 Å². The Balaban J connectivity index is 2.07. The Morgan fingerprint density at radius 3 is 2.21 bits per heavy atom. The average molecular weight is 332 g/mol. The van der Waals surface area contributed by atoms with E-state index in [9.17, 15) is 9.59 Å². The Bertz CT molecular complexity index is 562. The topological polar surface area (TPSA) is 56.8 Å². The SMILES string of the molecule is CCCN(CCC)c1ccnc(C(=O)N2CCN(C(C)=O)CC2)c1. The smallest absolute Gasteiger partial charge is 0.272 e. The number of anilines is 1. The fraction of sp³-hybridized carbons (Fsp3) is 0.611. The number of pyridine rings is 1. The van der Waals surface area contributed by atoms with Crippen LogP contribution >= 0.6 is 0 Å².